The topological polar surface area (TPSA) is 119 Å². The number of hydrogen-bond donors (Lipinski definition) is 0. The van der Waals surface area contributed by atoms with Crippen molar-refractivity contribution in [2.24, 2.45) is 0 Å². The molecule has 0 bridgehead atoms. The van der Waals surface area contributed by atoms with Gasteiger partial charge in [-0.3, -0.25) is 4.79 Å². The molecule has 41 heavy (non-hydrogen) atoms. The van der Waals surface area contributed by atoms with Crippen molar-refractivity contribution in [3.05, 3.63) is 42.7 Å². The van der Waals surface area contributed by atoms with E-state index in [1.165, 1.54) is 6.26 Å². The van der Waals surface area contributed by atoms with Gasteiger partial charge in [0.1, 0.15) is 25.2 Å². The Hall–Kier alpha value is -2.13. The number of ether oxygens (including phenoxy) is 11. The van der Waals surface area contributed by atoms with Gasteiger partial charge in [0.25, 0.3) is 0 Å². The lowest BCUT2D eigenvalue weighted by molar-refractivity contribution is -0.0259. The molecule has 1 aromatic rings. The highest BCUT2D eigenvalue weighted by Gasteiger charge is 1.97. The highest BCUT2D eigenvalue weighted by Crippen LogP contribution is 2.10. The van der Waals surface area contributed by atoms with Crippen LogP contribution in [0.1, 0.15) is 10.4 Å². The van der Waals surface area contributed by atoms with Gasteiger partial charge in [-0.15, -0.1) is 0 Å². The van der Waals surface area contributed by atoms with E-state index in [9.17, 15) is 4.79 Å². The van der Waals surface area contributed by atoms with Crippen molar-refractivity contribution in [1.82, 2.24) is 0 Å². The summed E-state index contributed by atoms with van der Waals surface area (Å²) in [5.74, 6) is 0.704. The van der Waals surface area contributed by atoms with Crippen LogP contribution in [0.15, 0.2) is 37.1 Å². The minimum absolute atomic E-state index is 0.432. The number of hydrogen-bond acceptors (Lipinski definition) is 12. The van der Waals surface area contributed by atoms with Gasteiger partial charge in [-0.05, 0) is 24.3 Å². The van der Waals surface area contributed by atoms with Gasteiger partial charge in [0.15, 0.2) is 0 Å². The van der Waals surface area contributed by atoms with Crippen molar-refractivity contribution in [3.8, 4) is 5.75 Å². The molecule has 0 aliphatic heterocycles. The summed E-state index contributed by atoms with van der Waals surface area (Å²) in [6.45, 7) is 13.4. The first-order valence-electron chi connectivity index (χ1n) is 14.0. The average Bonchev–Trinajstić information content (AvgIpc) is 3.00. The molecule has 12 heteroatoms. The Morgan fingerprint density at radius 1 is 0.439 bits per heavy atom. The molecule has 0 unspecified atom stereocenters. The van der Waals surface area contributed by atoms with Gasteiger partial charge in [0, 0.05) is 5.56 Å². The Kier molecular flexibility index (Phi) is 27.7. The van der Waals surface area contributed by atoms with E-state index in [1.54, 1.807) is 24.3 Å². The molecule has 236 valence electrons. The lowest BCUT2D eigenvalue weighted by Gasteiger charge is -2.09. The lowest BCUT2D eigenvalue weighted by atomic mass is 10.2. The molecule has 0 aromatic heterocycles. The third kappa shape index (κ3) is 26.5. The summed E-state index contributed by atoms with van der Waals surface area (Å²) in [6, 6.07) is 6.93. The van der Waals surface area contributed by atoms with Gasteiger partial charge in [0.2, 0.25) is 0 Å². The molecule has 0 radical (unpaired) electrons. The first-order valence-corrected chi connectivity index (χ1v) is 14.0. The largest absolute Gasteiger partial charge is 0.499 e. The quantitative estimate of drug-likeness (QED) is 0.0680. The molecule has 0 saturated heterocycles. The van der Waals surface area contributed by atoms with Crippen LogP contribution in [0.25, 0.3) is 0 Å². The third-order valence-corrected chi connectivity index (χ3v) is 4.95. The minimum Gasteiger partial charge on any atom is -0.499 e. The van der Waals surface area contributed by atoms with Crippen molar-refractivity contribution >= 4 is 6.29 Å². The Bertz CT molecular complexity index is 689. The second-order valence-corrected chi connectivity index (χ2v) is 8.08. The molecule has 1 rings (SSSR count). The number of carbonyl (C=O) groups is 1. The second kappa shape index (κ2) is 30.8. The first-order chi connectivity index (χ1) is 20.4. The molecule has 0 fully saturated rings. The number of aldehydes is 1. The predicted molar refractivity (Wildman–Crippen MR) is 151 cm³/mol. The Balaban J connectivity index is 1.65. The van der Waals surface area contributed by atoms with E-state index < -0.39 is 0 Å². The fourth-order valence-electron chi connectivity index (χ4n) is 2.91. The zero-order chi connectivity index (χ0) is 29.3. The van der Waals surface area contributed by atoms with Crippen LogP contribution in [-0.4, -0.2) is 138 Å². The zero-order valence-corrected chi connectivity index (χ0v) is 24.2. The molecule has 0 spiro atoms. The van der Waals surface area contributed by atoms with Crippen molar-refractivity contribution in [2.75, 3.05) is 132 Å². The fraction of sp³-hybridized carbons (Fsp3) is 0.690. The van der Waals surface area contributed by atoms with Crippen LogP contribution in [0.4, 0.5) is 0 Å². The van der Waals surface area contributed by atoms with Crippen molar-refractivity contribution in [1.29, 1.82) is 0 Å². The number of rotatable bonds is 33. The van der Waals surface area contributed by atoms with Gasteiger partial charge < -0.3 is 52.1 Å². The second-order valence-electron chi connectivity index (χ2n) is 8.08. The molecule has 0 atom stereocenters. The van der Waals surface area contributed by atoms with Crippen molar-refractivity contribution in [2.45, 2.75) is 0 Å². The normalized spacial score (nSPS) is 11.0. The summed E-state index contributed by atoms with van der Waals surface area (Å²) in [5, 5.41) is 0. The fourth-order valence-corrected chi connectivity index (χ4v) is 2.91. The summed E-state index contributed by atoms with van der Waals surface area (Å²) in [4.78, 5) is 10.6. The van der Waals surface area contributed by atoms with Crippen LogP contribution in [-0.2, 0) is 47.4 Å². The highest BCUT2D eigenvalue weighted by atomic mass is 16.6. The van der Waals surface area contributed by atoms with Crippen molar-refractivity contribution < 1.29 is 56.9 Å². The van der Waals surface area contributed by atoms with E-state index in [1.807, 2.05) is 0 Å². The third-order valence-electron chi connectivity index (χ3n) is 4.95. The summed E-state index contributed by atoms with van der Waals surface area (Å²) < 4.78 is 59.3. The van der Waals surface area contributed by atoms with Gasteiger partial charge in [-0.2, -0.15) is 0 Å². The molecule has 1 aromatic carbocycles. The minimum atomic E-state index is 0.432. The lowest BCUT2D eigenvalue weighted by Crippen LogP contribution is -2.15. The molecule has 0 aliphatic rings. The first kappa shape index (κ1) is 36.9. The summed E-state index contributed by atoms with van der Waals surface area (Å²) in [6.07, 6.45) is 2.19. The van der Waals surface area contributed by atoms with Crippen LogP contribution in [0.5, 0.6) is 5.75 Å². The zero-order valence-electron chi connectivity index (χ0n) is 24.2. The SMILES string of the molecule is C=COCCOCCOCCOCCOCCOCCOCCOCCOCCOCCOc1ccc(C=O)cc1. The highest BCUT2D eigenvalue weighted by molar-refractivity contribution is 5.74. The Morgan fingerprint density at radius 3 is 1.02 bits per heavy atom. The number of carbonyl (C=O) groups excluding carboxylic acids is 1. The molecule has 0 N–H and O–H groups in total. The average molecular weight is 589 g/mol. The standard InChI is InChI=1S/C29H48O12/c1-2-31-7-8-32-9-10-33-11-12-34-13-14-35-15-16-36-17-18-37-19-20-38-21-22-39-23-24-40-25-26-41-29-5-3-28(27-30)4-6-29/h2-6,27H,1,7-26H2. The molecular weight excluding hydrogens is 540 g/mol. The number of benzene rings is 1. The van der Waals surface area contributed by atoms with E-state index in [-0.39, 0.29) is 0 Å². The molecule has 0 aliphatic carbocycles. The van der Waals surface area contributed by atoms with Gasteiger partial charge in [0.05, 0.1) is 125 Å². The van der Waals surface area contributed by atoms with E-state index in [0.29, 0.717) is 143 Å². The molecular formula is C29H48O12. The molecule has 12 nitrogen and oxygen atoms in total. The monoisotopic (exact) mass is 588 g/mol. The summed E-state index contributed by atoms with van der Waals surface area (Å²) in [7, 11) is 0. The molecule has 0 heterocycles. The summed E-state index contributed by atoms with van der Waals surface area (Å²) >= 11 is 0. The molecule has 0 amide bonds. The van der Waals surface area contributed by atoms with Crippen LogP contribution >= 0.6 is 0 Å². The maximum atomic E-state index is 10.6. The Labute approximate surface area is 244 Å². The van der Waals surface area contributed by atoms with Crippen LogP contribution in [0.3, 0.4) is 0 Å². The van der Waals surface area contributed by atoms with Crippen LogP contribution < -0.4 is 4.74 Å². The smallest absolute Gasteiger partial charge is 0.150 e. The van der Waals surface area contributed by atoms with E-state index >= 15 is 0 Å². The van der Waals surface area contributed by atoms with E-state index in [2.05, 4.69) is 6.58 Å². The van der Waals surface area contributed by atoms with Crippen LogP contribution in [0, 0.1) is 0 Å². The van der Waals surface area contributed by atoms with E-state index in [0.717, 1.165) is 6.29 Å². The molecule has 0 saturated carbocycles. The Morgan fingerprint density at radius 2 is 0.732 bits per heavy atom. The predicted octanol–water partition coefficient (Wildman–Crippen LogP) is 2.19. The van der Waals surface area contributed by atoms with Gasteiger partial charge in [-0.1, -0.05) is 6.58 Å². The maximum Gasteiger partial charge on any atom is 0.150 e. The van der Waals surface area contributed by atoms with Gasteiger partial charge >= 0.3 is 0 Å². The van der Waals surface area contributed by atoms with Crippen LogP contribution in [0.2, 0.25) is 0 Å². The van der Waals surface area contributed by atoms with E-state index in [4.69, 9.17) is 52.1 Å². The van der Waals surface area contributed by atoms with Gasteiger partial charge in [-0.25, -0.2) is 0 Å². The maximum absolute atomic E-state index is 10.6. The van der Waals surface area contributed by atoms with Crippen molar-refractivity contribution in [3.63, 3.8) is 0 Å². The summed E-state index contributed by atoms with van der Waals surface area (Å²) in [5.41, 5.74) is 0.618.